The highest BCUT2D eigenvalue weighted by atomic mass is 79.9. The maximum absolute atomic E-state index is 9.62. The van der Waals surface area contributed by atoms with Crippen LogP contribution in [0.1, 0.15) is 11.7 Å². The van der Waals surface area contributed by atoms with Crippen LogP contribution in [0.3, 0.4) is 0 Å². The Kier molecular flexibility index (Phi) is 4.19. The van der Waals surface area contributed by atoms with E-state index in [9.17, 15) is 15.3 Å². The van der Waals surface area contributed by atoms with E-state index in [1.165, 1.54) is 6.07 Å². The Hall–Kier alpha value is -0.290. The second-order valence-electron chi connectivity index (χ2n) is 2.85. The largest absolute Gasteiger partial charge is 0.507 e. The molecule has 0 saturated carbocycles. The molecule has 78 valence electrons. The number of hydrogen-bond donors (Lipinski definition) is 3. The van der Waals surface area contributed by atoms with E-state index in [-0.39, 0.29) is 11.6 Å². The maximum Gasteiger partial charge on any atom is 0.130 e. The molecule has 0 heterocycles. The van der Waals surface area contributed by atoms with Crippen LogP contribution in [-0.2, 0) is 0 Å². The summed E-state index contributed by atoms with van der Waals surface area (Å²) in [6, 6.07) is 4.66. The van der Waals surface area contributed by atoms with E-state index < -0.39 is 12.2 Å². The molecule has 0 amide bonds. The summed E-state index contributed by atoms with van der Waals surface area (Å²) >= 11 is 8.52. The molecule has 3 N–H and O–H groups in total. The molecule has 2 unspecified atom stereocenters. The van der Waals surface area contributed by atoms with Crippen molar-refractivity contribution in [3.8, 4) is 5.75 Å². The number of aromatic hydroxyl groups is 1. The lowest BCUT2D eigenvalue weighted by Crippen LogP contribution is -2.19. The van der Waals surface area contributed by atoms with Gasteiger partial charge in [-0.05, 0) is 22.0 Å². The van der Waals surface area contributed by atoms with Crippen molar-refractivity contribution < 1.29 is 15.3 Å². The first-order valence-electron chi connectivity index (χ1n) is 3.97. The molecule has 1 aromatic rings. The molecule has 0 spiro atoms. The molecule has 0 aromatic heterocycles. The average Bonchev–Trinajstić information content (AvgIpc) is 2.20. The van der Waals surface area contributed by atoms with E-state index in [1.807, 2.05) is 0 Å². The van der Waals surface area contributed by atoms with E-state index in [4.69, 9.17) is 11.6 Å². The summed E-state index contributed by atoms with van der Waals surface area (Å²) in [6.07, 6.45) is -2.15. The van der Waals surface area contributed by atoms with Gasteiger partial charge in [-0.15, -0.1) is 11.6 Å². The molecule has 5 heteroatoms. The minimum atomic E-state index is -1.10. The van der Waals surface area contributed by atoms with Gasteiger partial charge in [-0.1, -0.05) is 12.1 Å². The third-order valence-corrected chi connectivity index (χ3v) is 3.03. The third-order valence-electron chi connectivity index (χ3n) is 1.85. The van der Waals surface area contributed by atoms with Gasteiger partial charge in [-0.3, -0.25) is 0 Å². The number of aliphatic hydroxyl groups excluding tert-OH is 2. The van der Waals surface area contributed by atoms with Crippen molar-refractivity contribution in [2.24, 2.45) is 0 Å². The Balaban J connectivity index is 3.01. The van der Waals surface area contributed by atoms with Crippen LogP contribution in [-0.4, -0.2) is 27.3 Å². The standard InChI is InChI=1S/C9H10BrClO3/c10-8-5(2-1-3-6(8)12)9(14)7(13)4-11/h1-3,7,9,12-14H,4H2. The van der Waals surface area contributed by atoms with Gasteiger partial charge < -0.3 is 15.3 Å². The third kappa shape index (κ3) is 2.39. The Labute approximate surface area is 95.1 Å². The highest BCUT2D eigenvalue weighted by Crippen LogP contribution is 2.32. The van der Waals surface area contributed by atoms with Crippen LogP contribution < -0.4 is 0 Å². The van der Waals surface area contributed by atoms with Gasteiger partial charge in [0.05, 0.1) is 16.5 Å². The van der Waals surface area contributed by atoms with Crippen LogP contribution in [0.2, 0.25) is 0 Å². The van der Waals surface area contributed by atoms with E-state index in [1.54, 1.807) is 12.1 Å². The number of hydrogen-bond acceptors (Lipinski definition) is 3. The average molecular weight is 282 g/mol. The zero-order valence-electron chi connectivity index (χ0n) is 7.19. The van der Waals surface area contributed by atoms with Gasteiger partial charge in [0.2, 0.25) is 0 Å². The highest BCUT2D eigenvalue weighted by molar-refractivity contribution is 9.10. The van der Waals surface area contributed by atoms with Crippen molar-refractivity contribution in [1.82, 2.24) is 0 Å². The van der Waals surface area contributed by atoms with Crippen molar-refractivity contribution in [3.05, 3.63) is 28.2 Å². The van der Waals surface area contributed by atoms with Gasteiger partial charge in [-0.25, -0.2) is 0 Å². The van der Waals surface area contributed by atoms with E-state index in [0.717, 1.165) is 0 Å². The molecular formula is C9H10BrClO3. The van der Waals surface area contributed by atoms with E-state index >= 15 is 0 Å². The summed E-state index contributed by atoms with van der Waals surface area (Å²) in [5.41, 5.74) is 0.415. The van der Waals surface area contributed by atoms with Crippen LogP contribution >= 0.6 is 27.5 Å². The first-order valence-corrected chi connectivity index (χ1v) is 5.30. The van der Waals surface area contributed by atoms with Crippen molar-refractivity contribution in [1.29, 1.82) is 0 Å². The maximum atomic E-state index is 9.62. The molecule has 3 nitrogen and oxygen atoms in total. The van der Waals surface area contributed by atoms with Crippen molar-refractivity contribution in [2.75, 3.05) is 5.88 Å². The van der Waals surface area contributed by atoms with E-state index in [2.05, 4.69) is 15.9 Å². The Bertz CT molecular complexity index is 319. The Morgan fingerprint density at radius 2 is 2.00 bits per heavy atom. The van der Waals surface area contributed by atoms with Gasteiger partial charge in [0.25, 0.3) is 0 Å². The molecule has 1 rings (SSSR count). The molecule has 0 radical (unpaired) electrons. The number of aliphatic hydroxyl groups is 2. The van der Waals surface area contributed by atoms with Crippen LogP contribution in [0.25, 0.3) is 0 Å². The molecule has 0 aliphatic rings. The number of rotatable bonds is 3. The second-order valence-corrected chi connectivity index (χ2v) is 3.95. The predicted octanol–water partition coefficient (Wildman–Crippen LogP) is 1.79. The lowest BCUT2D eigenvalue weighted by molar-refractivity contribution is 0.0321. The topological polar surface area (TPSA) is 60.7 Å². The SMILES string of the molecule is Oc1cccc(C(O)C(O)CCl)c1Br. The second kappa shape index (κ2) is 4.98. The van der Waals surface area contributed by atoms with E-state index in [0.29, 0.717) is 10.0 Å². The minimum absolute atomic E-state index is 0.0170. The Morgan fingerprint density at radius 3 is 2.57 bits per heavy atom. The first-order chi connectivity index (χ1) is 6.57. The van der Waals surface area contributed by atoms with Crippen LogP contribution in [0.15, 0.2) is 22.7 Å². The van der Waals surface area contributed by atoms with Crippen molar-refractivity contribution >= 4 is 27.5 Å². The predicted molar refractivity (Wildman–Crippen MR) is 57.5 cm³/mol. The summed E-state index contributed by atoms with van der Waals surface area (Å²) in [5.74, 6) is -0.0492. The molecule has 0 fully saturated rings. The molecular weight excluding hydrogens is 271 g/mol. The molecule has 1 aromatic carbocycles. The zero-order valence-corrected chi connectivity index (χ0v) is 9.53. The van der Waals surface area contributed by atoms with Gasteiger partial charge in [-0.2, -0.15) is 0 Å². The number of halogens is 2. The summed E-state index contributed by atoms with van der Waals surface area (Å²) in [6.45, 7) is 0. The fourth-order valence-electron chi connectivity index (χ4n) is 1.06. The number of benzene rings is 1. The quantitative estimate of drug-likeness (QED) is 0.740. The smallest absolute Gasteiger partial charge is 0.130 e. The van der Waals surface area contributed by atoms with Crippen LogP contribution in [0, 0.1) is 0 Å². The fourth-order valence-corrected chi connectivity index (χ4v) is 1.72. The number of phenolic OH excluding ortho intramolecular Hbond substituents is 1. The lowest BCUT2D eigenvalue weighted by Gasteiger charge is -2.17. The number of phenols is 1. The monoisotopic (exact) mass is 280 g/mol. The molecule has 14 heavy (non-hydrogen) atoms. The molecule has 0 aliphatic carbocycles. The molecule has 0 saturated heterocycles. The summed E-state index contributed by atoms with van der Waals surface area (Å²) < 4.78 is 0.372. The lowest BCUT2D eigenvalue weighted by atomic mass is 10.1. The minimum Gasteiger partial charge on any atom is -0.507 e. The summed E-state index contributed by atoms with van der Waals surface area (Å²) in [7, 11) is 0. The Morgan fingerprint density at radius 1 is 1.36 bits per heavy atom. The van der Waals surface area contributed by atoms with Gasteiger partial charge in [0, 0.05) is 5.56 Å². The fraction of sp³-hybridized carbons (Fsp3) is 0.333. The van der Waals surface area contributed by atoms with Crippen molar-refractivity contribution in [3.63, 3.8) is 0 Å². The molecule has 0 bridgehead atoms. The summed E-state index contributed by atoms with van der Waals surface area (Å²) in [5, 5.41) is 28.3. The first kappa shape index (κ1) is 11.8. The van der Waals surface area contributed by atoms with Crippen LogP contribution in [0.5, 0.6) is 5.75 Å². The van der Waals surface area contributed by atoms with Crippen LogP contribution in [0.4, 0.5) is 0 Å². The van der Waals surface area contributed by atoms with Gasteiger partial charge in [0.1, 0.15) is 11.9 Å². The van der Waals surface area contributed by atoms with Gasteiger partial charge in [0.15, 0.2) is 0 Å². The molecule has 2 atom stereocenters. The summed E-state index contributed by atoms with van der Waals surface area (Å²) in [4.78, 5) is 0. The molecule has 0 aliphatic heterocycles. The highest BCUT2D eigenvalue weighted by Gasteiger charge is 2.20. The zero-order chi connectivity index (χ0) is 10.7. The number of alkyl halides is 1. The van der Waals surface area contributed by atoms with Gasteiger partial charge >= 0.3 is 0 Å². The normalized spacial score (nSPS) is 15.1. The van der Waals surface area contributed by atoms with Crippen molar-refractivity contribution in [2.45, 2.75) is 12.2 Å².